The number of benzene rings is 2. The molecule has 23 heavy (non-hydrogen) atoms. The van der Waals surface area contributed by atoms with Gasteiger partial charge in [-0.2, -0.15) is 0 Å². The van der Waals surface area contributed by atoms with Crippen LogP contribution in [0.5, 0.6) is 5.75 Å². The van der Waals surface area contributed by atoms with Crippen LogP contribution < -0.4 is 4.74 Å². The Bertz CT molecular complexity index is 687. The summed E-state index contributed by atoms with van der Waals surface area (Å²) < 4.78 is 10.4. The van der Waals surface area contributed by atoms with Crippen LogP contribution >= 0.6 is 0 Å². The van der Waals surface area contributed by atoms with Gasteiger partial charge in [0.05, 0.1) is 17.7 Å². The maximum Gasteiger partial charge on any atom is 0.343 e. The van der Waals surface area contributed by atoms with Crippen molar-refractivity contribution in [2.24, 2.45) is 0 Å². The second-order valence-corrected chi connectivity index (χ2v) is 5.38. The van der Waals surface area contributed by atoms with E-state index in [1.165, 1.54) is 0 Å². The maximum atomic E-state index is 12.3. The van der Waals surface area contributed by atoms with Gasteiger partial charge in [-0.15, -0.1) is 0 Å². The van der Waals surface area contributed by atoms with Gasteiger partial charge in [0, 0.05) is 0 Å². The summed E-state index contributed by atoms with van der Waals surface area (Å²) in [6.45, 7) is 6.14. The summed E-state index contributed by atoms with van der Waals surface area (Å²) >= 11 is 0. The average Bonchev–Trinajstić information content (AvgIpc) is 2.55. The van der Waals surface area contributed by atoms with E-state index in [0.29, 0.717) is 23.5 Å². The molecule has 0 bridgehead atoms. The van der Waals surface area contributed by atoms with E-state index in [9.17, 15) is 9.59 Å². The van der Waals surface area contributed by atoms with Crippen molar-refractivity contribution in [2.75, 3.05) is 6.61 Å². The van der Waals surface area contributed by atoms with Gasteiger partial charge in [-0.25, -0.2) is 9.59 Å². The van der Waals surface area contributed by atoms with E-state index in [1.54, 1.807) is 37.3 Å². The summed E-state index contributed by atoms with van der Waals surface area (Å²) in [5.41, 5.74) is 1.77. The molecule has 0 aromatic heterocycles. The lowest BCUT2D eigenvalue weighted by Gasteiger charge is -2.12. The van der Waals surface area contributed by atoms with Crippen molar-refractivity contribution in [3.8, 4) is 5.75 Å². The molecule has 0 heterocycles. The minimum absolute atomic E-state index is 0.255. The largest absolute Gasteiger partial charge is 0.462 e. The highest BCUT2D eigenvalue weighted by atomic mass is 16.5. The number of rotatable bonds is 5. The molecule has 0 atom stereocenters. The van der Waals surface area contributed by atoms with Gasteiger partial charge < -0.3 is 9.47 Å². The second-order valence-electron chi connectivity index (χ2n) is 5.38. The van der Waals surface area contributed by atoms with Crippen molar-refractivity contribution < 1.29 is 19.1 Å². The first-order chi connectivity index (χ1) is 11.0. The summed E-state index contributed by atoms with van der Waals surface area (Å²) in [5, 5.41) is 0. The molecule has 2 rings (SSSR count). The van der Waals surface area contributed by atoms with Crippen LogP contribution in [-0.2, 0) is 4.74 Å². The Morgan fingerprint density at radius 1 is 0.913 bits per heavy atom. The Balaban J connectivity index is 2.14. The van der Waals surface area contributed by atoms with Gasteiger partial charge in [-0.05, 0) is 48.7 Å². The number of hydrogen-bond acceptors (Lipinski definition) is 4. The van der Waals surface area contributed by atoms with Crippen molar-refractivity contribution in [3.63, 3.8) is 0 Å². The molecule has 0 N–H and O–H groups in total. The van der Waals surface area contributed by atoms with Gasteiger partial charge >= 0.3 is 11.9 Å². The van der Waals surface area contributed by atoms with E-state index < -0.39 is 11.9 Å². The number of esters is 2. The van der Waals surface area contributed by atoms with E-state index in [-0.39, 0.29) is 5.92 Å². The van der Waals surface area contributed by atoms with Gasteiger partial charge in [0.1, 0.15) is 5.75 Å². The molecule has 4 heteroatoms. The molecule has 2 aromatic rings. The molecule has 0 aliphatic rings. The normalized spacial score (nSPS) is 10.4. The Labute approximate surface area is 136 Å². The molecule has 0 radical (unpaired) electrons. The molecule has 120 valence electrons. The molecule has 0 spiro atoms. The Morgan fingerprint density at radius 3 is 2.04 bits per heavy atom. The van der Waals surface area contributed by atoms with Crippen molar-refractivity contribution in [1.82, 2.24) is 0 Å². The quantitative estimate of drug-likeness (QED) is 0.613. The molecule has 0 fully saturated rings. The molecule has 0 saturated carbocycles. The van der Waals surface area contributed by atoms with Gasteiger partial charge in [0.15, 0.2) is 0 Å². The summed E-state index contributed by atoms with van der Waals surface area (Å²) in [7, 11) is 0. The summed E-state index contributed by atoms with van der Waals surface area (Å²) in [6, 6.07) is 13.7. The summed E-state index contributed by atoms with van der Waals surface area (Å²) in [6.07, 6.45) is 0. The number of ether oxygens (including phenoxy) is 2. The topological polar surface area (TPSA) is 52.6 Å². The second kappa shape index (κ2) is 7.58. The zero-order valence-electron chi connectivity index (χ0n) is 13.5. The Hall–Kier alpha value is -2.62. The zero-order valence-corrected chi connectivity index (χ0v) is 13.5. The first kappa shape index (κ1) is 16.7. The third-order valence-electron chi connectivity index (χ3n) is 3.38. The minimum atomic E-state index is -0.450. The highest BCUT2D eigenvalue weighted by molar-refractivity contribution is 5.94. The van der Waals surface area contributed by atoms with Crippen molar-refractivity contribution in [3.05, 3.63) is 65.2 Å². The smallest absolute Gasteiger partial charge is 0.343 e. The number of carbonyl (C=O) groups excluding carboxylic acids is 2. The molecular weight excluding hydrogens is 292 g/mol. The van der Waals surface area contributed by atoms with Crippen LogP contribution in [0.1, 0.15) is 53.0 Å². The van der Waals surface area contributed by atoms with Crippen molar-refractivity contribution in [2.45, 2.75) is 26.7 Å². The SMILES string of the molecule is CCOC(=O)c1ccc(C(=O)Oc2ccccc2C(C)C)cc1. The molecule has 0 aliphatic carbocycles. The van der Waals surface area contributed by atoms with Gasteiger partial charge in [-0.3, -0.25) is 0 Å². The zero-order chi connectivity index (χ0) is 16.8. The van der Waals surface area contributed by atoms with Crippen LogP contribution in [-0.4, -0.2) is 18.5 Å². The molecule has 0 unspecified atom stereocenters. The summed E-state index contributed by atoms with van der Waals surface area (Å²) in [4.78, 5) is 23.9. The lowest BCUT2D eigenvalue weighted by molar-refractivity contribution is 0.0525. The van der Waals surface area contributed by atoms with E-state index in [4.69, 9.17) is 9.47 Å². The lowest BCUT2D eigenvalue weighted by atomic mass is 10.0. The van der Waals surface area contributed by atoms with Gasteiger partial charge in [0.2, 0.25) is 0 Å². The van der Waals surface area contributed by atoms with E-state index in [0.717, 1.165) is 5.56 Å². The monoisotopic (exact) mass is 312 g/mol. The number of para-hydroxylation sites is 1. The highest BCUT2D eigenvalue weighted by Gasteiger charge is 2.14. The minimum Gasteiger partial charge on any atom is -0.462 e. The predicted octanol–water partition coefficient (Wildman–Crippen LogP) is 4.21. The van der Waals surface area contributed by atoms with Crippen molar-refractivity contribution >= 4 is 11.9 Å². The van der Waals surface area contributed by atoms with Gasteiger partial charge in [0.25, 0.3) is 0 Å². The first-order valence-electron chi connectivity index (χ1n) is 7.61. The van der Waals surface area contributed by atoms with Crippen LogP contribution in [0, 0.1) is 0 Å². The Morgan fingerprint density at radius 2 is 1.48 bits per heavy atom. The van der Waals surface area contributed by atoms with E-state index in [2.05, 4.69) is 0 Å². The number of carbonyl (C=O) groups is 2. The fourth-order valence-corrected chi connectivity index (χ4v) is 2.17. The first-order valence-corrected chi connectivity index (χ1v) is 7.61. The van der Waals surface area contributed by atoms with Crippen LogP contribution in [0.3, 0.4) is 0 Å². The van der Waals surface area contributed by atoms with Crippen LogP contribution in [0.25, 0.3) is 0 Å². The fraction of sp³-hybridized carbons (Fsp3) is 0.263. The lowest BCUT2D eigenvalue weighted by Crippen LogP contribution is -2.11. The molecule has 0 aliphatic heterocycles. The van der Waals surface area contributed by atoms with Gasteiger partial charge in [-0.1, -0.05) is 32.0 Å². The number of hydrogen-bond donors (Lipinski definition) is 0. The average molecular weight is 312 g/mol. The standard InChI is InChI=1S/C19H20O4/c1-4-22-18(20)14-9-11-15(12-10-14)19(21)23-17-8-6-5-7-16(17)13(2)3/h5-13H,4H2,1-3H3. The summed E-state index contributed by atoms with van der Waals surface area (Å²) in [5.74, 6) is -0.0433. The predicted molar refractivity (Wildman–Crippen MR) is 87.9 cm³/mol. The van der Waals surface area contributed by atoms with E-state index >= 15 is 0 Å². The molecule has 4 nitrogen and oxygen atoms in total. The Kier molecular flexibility index (Phi) is 5.52. The third-order valence-corrected chi connectivity index (χ3v) is 3.38. The molecule has 0 saturated heterocycles. The third kappa shape index (κ3) is 4.19. The molecule has 2 aromatic carbocycles. The highest BCUT2D eigenvalue weighted by Crippen LogP contribution is 2.26. The van der Waals surface area contributed by atoms with E-state index in [1.807, 2.05) is 32.0 Å². The molecular formula is C19H20O4. The van der Waals surface area contributed by atoms with Crippen LogP contribution in [0.15, 0.2) is 48.5 Å². The van der Waals surface area contributed by atoms with Crippen LogP contribution in [0.4, 0.5) is 0 Å². The van der Waals surface area contributed by atoms with Crippen molar-refractivity contribution in [1.29, 1.82) is 0 Å². The molecule has 0 amide bonds. The maximum absolute atomic E-state index is 12.3. The van der Waals surface area contributed by atoms with Crippen LogP contribution in [0.2, 0.25) is 0 Å². The fourth-order valence-electron chi connectivity index (χ4n) is 2.17.